The lowest BCUT2D eigenvalue weighted by molar-refractivity contribution is 0.917. The molecule has 8 bridgehead atoms. The van der Waals surface area contributed by atoms with E-state index in [1.807, 2.05) is 36.4 Å². The van der Waals surface area contributed by atoms with Crippen molar-refractivity contribution >= 4 is 38.7 Å². The lowest BCUT2D eigenvalue weighted by Gasteiger charge is -2.15. The molecule has 6 aromatic carbocycles. The van der Waals surface area contributed by atoms with Crippen LogP contribution in [0.1, 0.15) is 51.9 Å². The van der Waals surface area contributed by atoms with Crippen LogP contribution < -0.4 is 0 Å². The minimum Gasteiger partial charge on any atom is -0.208 e. The zero-order chi connectivity index (χ0) is 37.1. The van der Waals surface area contributed by atoms with E-state index >= 15 is 0 Å². The Morgan fingerprint density at radius 3 is 1.22 bits per heavy atom. The van der Waals surface area contributed by atoms with Crippen LogP contribution in [-0.4, -0.2) is 21.6 Å². The highest BCUT2D eigenvalue weighted by atomic mass is 79.9. The van der Waals surface area contributed by atoms with Gasteiger partial charge in [0.2, 0.25) is 0 Å². The molecule has 0 spiro atoms. The predicted molar refractivity (Wildman–Crippen MR) is 243 cm³/mol. The third kappa shape index (κ3) is 10.9. The smallest absolute Gasteiger partial charge is 0.164 e. The molecule has 3 nitrogen and oxygen atoms in total. The van der Waals surface area contributed by atoms with Crippen LogP contribution in [0.25, 0.3) is 34.2 Å². The molecule has 15 rings (SSSR count). The van der Waals surface area contributed by atoms with Gasteiger partial charge >= 0.3 is 0 Å². The van der Waals surface area contributed by atoms with Crippen molar-refractivity contribution < 1.29 is 0 Å². The van der Waals surface area contributed by atoms with Gasteiger partial charge in [-0.15, -0.1) is 0 Å². The maximum absolute atomic E-state index is 4.99. The summed E-state index contributed by atoms with van der Waals surface area (Å²) in [6.07, 6.45) is 8.45. The summed E-state index contributed by atoms with van der Waals surface area (Å²) < 4.78 is 1.27. The second-order valence-corrected chi connectivity index (χ2v) is 17.4. The van der Waals surface area contributed by atoms with Crippen LogP contribution in [0.5, 0.6) is 0 Å². The minimum absolute atomic E-state index is 0. The van der Waals surface area contributed by atoms with Crippen LogP contribution in [0.3, 0.4) is 0 Å². The average molecular weight is 870 g/mol. The van der Waals surface area contributed by atoms with E-state index < -0.39 is 0 Å². The summed E-state index contributed by atoms with van der Waals surface area (Å²) in [4.78, 5) is 14.8. The summed E-state index contributed by atoms with van der Waals surface area (Å²) in [5.74, 6) is 2.16. The van der Waals surface area contributed by atoms with Crippen molar-refractivity contribution in [2.45, 2.75) is 58.8 Å². The molecule has 0 radical (unpaired) electrons. The highest BCUT2D eigenvalue weighted by Gasteiger charge is 2.16. The first-order valence-corrected chi connectivity index (χ1v) is 23.3. The molecule has 0 fully saturated rings. The van der Waals surface area contributed by atoms with Gasteiger partial charge in [0.15, 0.2) is 17.5 Å². The molecule has 0 amide bonds. The van der Waals surface area contributed by atoms with Crippen LogP contribution in [0.15, 0.2) is 150 Å². The van der Waals surface area contributed by atoms with E-state index in [9.17, 15) is 0 Å². The number of halogens is 2. The number of rotatable bonds is 3. The molecular formula is C49H48Br2N3P. The van der Waals surface area contributed by atoms with Gasteiger partial charge in [-0.05, 0) is 115 Å². The molecule has 0 saturated heterocycles. The lowest BCUT2D eigenvalue weighted by Crippen LogP contribution is -2.04. The van der Waals surface area contributed by atoms with Gasteiger partial charge in [-0.1, -0.05) is 180 Å². The molecule has 0 saturated carbocycles. The average Bonchev–Trinajstić information content (AvgIpc) is 3.21. The van der Waals surface area contributed by atoms with Gasteiger partial charge in [-0.2, -0.15) is 0 Å². The molecule has 55 heavy (non-hydrogen) atoms. The molecule has 0 aliphatic heterocycles. The zero-order valence-corrected chi connectivity index (χ0v) is 34.8. The van der Waals surface area contributed by atoms with Crippen molar-refractivity contribution in [3.05, 3.63) is 195 Å². The van der Waals surface area contributed by atoms with E-state index in [0.29, 0.717) is 11.6 Å². The SMILES string of the molecule is Brc1cc2ccc1CCc1ccc(cc1)CC2.C.CPBr.c1ccc(-c2nc(-c3ccccc3)nc(-c3cc4ccc3CCc3ccc(cc3)CC4)n2)cc1. The quantitative estimate of drug-likeness (QED) is 0.166. The Kier molecular flexibility index (Phi) is 14.7. The van der Waals surface area contributed by atoms with E-state index in [1.54, 1.807) is 0 Å². The summed E-state index contributed by atoms with van der Waals surface area (Å²) in [7, 11) is 0.896. The van der Waals surface area contributed by atoms with Crippen molar-refractivity contribution in [3.8, 4) is 34.2 Å². The standard InChI is InChI=1S/C31H25N3.C16H15Br.CH4BrP.CH4/c1-3-7-26(8-4-1)29-32-30(27-9-5-2-6-10-27)34-31(33-29)28-21-24-16-15-22-11-13-23(14-12-22)17-19-25(28)20-18-24;17-16-11-14-6-5-12-1-3-13(4-2-12)7-9-15(16)10-8-14;1-3-2;/h1-14,18,20-21H,15-17,19H2;1-4,8,10-11H,5-7,9H2;3H,1H3;1H4. The minimum atomic E-state index is 0. The monoisotopic (exact) mass is 867 g/mol. The van der Waals surface area contributed by atoms with E-state index in [4.69, 9.17) is 15.0 Å². The number of hydrogen-bond acceptors (Lipinski definition) is 3. The Balaban J connectivity index is 0.000000205. The van der Waals surface area contributed by atoms with Crippen molar-refractivity contribution in [2.75, 3.05) is 6.66 Å². The molecule has 1 atom stereocenters. The summed E-state index contributed by atoms with van der Waals surface area (Å²) >= 11 is 6.86. The fourth-order valence-electron chi connectivity index (χ4n) is 6.96. The molecule has 1 unspecified atom stereocenters. The summed E-state index contributed by atoms with van der Waals surface area (Å²) in [5.41, 5.74) is 14.2. The van der Waals surface area contributed by atoms with Crippen LogP contribution >= 0.6 is 38.7 Å². The molecule has 0 N–H and O–H groups in total. The number of benzene rings is 6. The molecule has 1 aromatic heterocycles. The number of aromatic nitrogens is 3. The van der Waals surface area contributed by atoms with Gasteiger partial charge in [0.1, 0.15) is 0 Å². The zero-order valence-electron chi connectivity index (χ0n) is 30.6. The maximum Gasteiger partial charge on any atom is 0.164 e. The second kappa shape index (κ2) is 20.1. The van der Waals surface area contributed by atoms with Gasteiger partial charge in [-0.3, -0.25) is 0 Å². The summed E-state index contributed by atoms with van der Waals surface area (Å²) in [6, 6.07) is 52.2. The second-order valence-electron chi connectivity index (χ2n) is 13.8. The first-order chi connectivity index (χ1) is 26.5. The third-order valence-corrected chi connectivity index (χ3v) is 10.8. The van der Waals surface area contributed by atoms with Crippen molar-refractivity contribution in [2.24, 2.45) is 0 Å². The predicted octanol–water partition coefficient (Wildman–Crippen LogP) is 13.3. The van der Waals surface area contributed by atoms with E-state index in [2.05, 4.69) is 147 Å². The van der Waals surface area contributed by atoms with Crippen LogP contribution in [0.4, 0.5) is 0 Å². The molecular weight excluding hydrogens is 821 g/mol. The van der Waals surface area contributed by atoms with Gasteiger partial charge in [0.25, 0.3) is 0 Å². The van der Waals surface area contributed by atoms with Gasteiger partial charge in [-0.25, -0.2) is 15.0 Å². The number of nitrogens with zero attached hydrogens (tertiary/aromatic N) is 3. The molecule has 7 aromatic rings. The third-order valence-electron chi connectivity index (χ3n) is 10.0. The van der Waals surface area contributed by atoms with Crippen LogP contribution in [0, 0.1) is 0 Å². The fraction of sp³-hybridized carbons (Fsp3) is 0.204. The lowest BCUT2D eigenvalue weighted by atomic mass is 9.93. The Labute approximate surface area is 345 Å². The van der Waals surface area contributed by atoms with Crippen LogP contribution in [0.2, 0.25) is 0 Å². The van der Waals surface area contributed by atoms with Crippen molar-refractivity contribution in [1.82, 2.24) is 15.0 Å². The van der Waals surface area contributed by atoms with Gasteiger partial charge in [0.05, 0.1) is 0 Å². The topological polar surface area (TPSA) is 38.7 Å². The first-order valence-electron chi connectivity index (χ1n) is 18.7. The number of aryl methyl sites for hydroxylation is 8. The van der Waals surface area contributed by atoms with E-state index in [-0.39, 0.29) is 7.43 Å². The van der Waals surface area contributed by atoms with E-state index in [0.717, 1.165) is 81.2 Å². The van der Waals surface area contributed by atoms with Crippen molar-refractivity contribution in [1.29, 1.82) is 0 Å². The first kappa shape index (κ1) is 40.4. The summed E-state index contributed by atoms with van der Waals surface area (Å²) in [6.45, 7) is 2.07. The number of hydrogen-bond donors (Lipinski definition) is 0. The molecule has 1 heterocycles. The van der Waals surface area contributed by atoms with Crippen molar-refractivity contribution in [3.63, 3.8) is 0 Å². The molecule has 278 valence electrons. The Morgan fingerprint density at radius 1 is 0.418 bits per heavy atom. The molecule has 8 aliphatic carbocycles. The van der Waals surface area contributed by atoms with Gasteiger partial charge in [0, 0.05) is 21.2 Å². The Bertz CT molecular complexity index is 2220. The molecule has 8 aliphatic rings. The van der Waals surface area contributed by atoms with Crippen LogP contribution in [-0.2, 0) is 51.4 Å². The Hall–Kier alpha value is -4.28. The highest BCUT2D eigenvalue weighted by Crippen LogP contribution is 2.30. The maximum atomic E-state index is 4.99. The van der Waals surface area contributed by atoms with E-state index in [1.165, 1.54) is 49.0 Å². The largest absolute Gasteiger partial charge is 0.208 e. The summed E-state index contributed by atoms with van der Waals surface area (Å²) in [5, 5.41) is 0. The highest BCUT2D eigenvalue weighted by molar-refractivity contribution is 9.36. The Morgan fingerprint density at radius 2 is 0.764 bits per heavy atom. The normalized spacial score (nSPS) is 12.9. The van der Waals surface area contributed by atoms with Gasteiger partial charge < -0.3 is 0 Å². The fourth-order valence-corrected chi connectivity index (χ4v) is 7.59. The molecule has 6 heteroatoms.